The first-order chi connectivity index (χ1) is 34.2. The van der Waals surface area contributed by atoms with E-state index in [1.165, 1.54) is 118 Å². The van der Waals surface area contributed by atoms with Gasteiger partial charge in [0.25, 0.3) is 0 Å². The van der Waals surface area contributed by atoms with Gasteiger partial charge in [0.2, 0.25) is 0 Å². The van der Waals surface area contributed by atoms with E-state index in [4.69, 9.17) is 0 Å². The van der Waals surface area contributed by atoms with Crippen LogP contribution in [-0.4, -0.2) is 0 Å². The molecular weight excluding hydrogens is 925 g/mol. The molecule has 2 aromatic heterocycles. The van der Waals surface area contributed by atoms with Gasteiger partial charge in [0.05, 0.1) is 33.6 Å². The molecule has 1 aliphatic carbocycles. The predicted molar refractivity (Wildman–Crippen MR) is 294 cm³/mol. The lowest BCUT2D eigenvalue weighted by Gasteiger charge is -2.51. The molecule has 0 saturated carbocycles. The molecule has 0 radical (unpaired) electrons. The summed E-state index contributed by atoms with van der Waals surface area (Å²) in [6.45, 7) is 9.56. The molecule has 0 atom stereocenters. The third-order valence-electron chi connectivity index (χ3n) is 16.2. The molecule has 8 aromatic carbocycles. The lowest BCUT2D eigenvalue weighted by Crippen LogP contribution is -2.45. The lowest BCUT2D eigenvalue weighted by atomic mass is 9.55. The van der Waals surface area contributed by atoms with Gasteiger partial charge in [0.1, 0.15) is 10.0 Å². The second-order valence-corrected chi connectivity index (χ2v) is 24.6. The van der Waals surface area contributed by atoms with Crippen molar-refractivity contribution in [1.82, 2.24) is 0 Å². The summed E-state index contributed by atoms with van der Waals surface area (Å²) in [6.07, 6.45) is 0. The van der Waals surface area contributed by atoms with Crippen LogP contribution in [0, 0.1) is 0 Å². The first kappa shape index (κ1) is 41.3. The number of thiophene rings is 2. The highest BCUT2D eigenvalue weighted by Gasteiger charge is 2.61. The molecule has 5 aliphatic rings. The van der Waals surface area contributed by atoms with Crippen molar-refractivity contribution in [2.45, 2.75) is 68.9 Å². The minimum absolute atomic E-state index is 0.179. The molecule has 70 heavy (non-hydrogen) atoms. The summed E-state index contributed by atoms with van der Waals surface area (Å²) in [5.41, 5.74) is 16.8. The fourth-order valence-corrected chi connectivity index (χ4v) is 18.5. The normalized spacial score (nSPS) is 17.1. The number of para-hydroxylation sites is 4. The molecule has 0 fully saturated rings. The summed E-state index contributed by atoms with van der Waals surface area (Å²) in [6, 6.07) is 79.1. The van der Waals surface area contributed by atoms with Crippen molar-refractivity contribution in [3.05, 3.63) is 272 Å². The van der Waals surface area contributed by atoms with Gasteiger partial charge >= 0.3 is 0 Å². The third kappa shape index (κ3) is 5.12. The highest BCUT2D eigenvalue weighted by Crippen LogP contribution is 2.72. The molecule has 2 spiro atoms. The average molecular weight is 971 g/mol. The van der Waals surface area contributed by atoms with Gasteiger partial charge in [-0.2, -0.15) is 0 Å². The van der Waals surface area contributed by atoms with E-state index >= 15 is 0 Å². The maximum atomic E-state index is 2.64. The van der Waals surface area contributed by atoms with Gasteiger partial charge in [0, 0.05) is 40.2 Å². The Morgan fingerprint density at radius 2 is 0.529 bits per heavy atom. The maximum absolute atomic E-state index is 2.64. The van der Waals surface area contributed by atoms with Crippen molar-refractivity contribution in [3.63, 3.8) is 0 Å². The van der Waals surface area contributed by atoms with Crippen LogP contribution in [0.3, 0.4) is 0 Å². The number of hydrogen-bond donors (Lipinski definition) is 0. The van der Waals surface area contributed by atoms with Gasteiger partial charge in [0.15, 0.2) is 0 Å². The largest absolute Gasteiger partial charge is 0.301 e. The number of rotatable bonds is 2. The van der Waals surface area contributed by atoms with Crippen molar-refractivity contribution in [2.24, 2.45) is 0 Å². The second kappa shape index (κ2) is 14.5. The SMILES string of the molecule is CC1(C)c2ccccc2N(c2cc3c(s2)C2(c4ccccc4Sc4ccccc42)c2cc(N4c5ccccc5C(C)(C)c5ccccc54)sc2C32c3ccccc3Sc3ccccc32)c2ccccc21. The van der Waals surface area contributed by atoms with Crippen molar-refractivity contribution >= 4 is 78.9 Å². The molecule has 10 aromatic rings. The van der Waals surface area contributed by atoms with Crippen LogP contribution in [0.25, 0.3) is 0 Å². The Bertz CT molecular complexity index is 3360. The third-order valence-corrected chi connectivity index (χ3v) is 21.0. The molecule has 6 heteroatoms. The Morgan fingerprint density at radius 1 is 0.286 bits per heavy atom. The van der Waals surface area contributed by atoms with E-state index in [1.807, 2.05) is 46.2 Å². The van der Waals surface area contributed by atoms with E-state index in [-0.39, 0.29) is 10.8 Å². The standard InChI is InChI=1S/C64H46N2S4/c1-61(2)39-21-5-13-29-49(39)65(50-30-14-6-22-40(50)61)57-37-47-59(69-57)64(45-27-11-19-35-55(45)68-56-36-20-12-28-46(56)64)48-38-58(66-51-31-15-7-23-41(51)62(3,4)42-24-8-16-32-52(42)66)70-60(48)63(47)43-25-9-17-33-53(43)67-54-34-18-10-26-44(54)63/h5-38H,1-4H3. The molecule has 0 saturated heterocycles. The van der Waals surface area contributed by atoms with E-state index in [1.54, 1.807) is 0 Å². The van der Waals surface area contributed by atoms with Crippen molar-refractivity contribution in [2.75, 3.05) is 9.80 Å². The summed E-state index contributed by atoms with van der Waals surface area (Å²) in [7, 11) is 0. The van der Waals surface area contributed by atoms with Gasteiger partial charge in [-0.15, -0.1) is 22.7 Å². The Kier molecular flexibility index (Phi) is 8.56. The van der Waals surface area contributed by atoms with Crippen LogP contribution < -0.4 is 9.80 Å². The minimum Gasteiger partial charge on any atom is -0.301 e. The summed E-state index contributed by atoms with van der Waals surface area (Å²) in [5, 5.41) is 2.47. The number of benzene rings is 8. The topological polar surface area (TPSA) is 6.48 Å². The summed E-state index contributed by atoms with van der Waals surface area (Å²) >= 11 is 7.85. The van der Waals surface area contributed by atoms with Crippen LogP contribution in [-0.2, 0) is 21.7 Å². The summed E-state index contributed by atoms with van der Waals surface area (Å²) < 4.78 is 0. The van der Waals surface area contributed by atoms with Gasteiger partial charge in [-0.25, -0.2) is 0 Å². The van der Waals surface area contributed by atoms with Gasteiger partial charge in [-0.1, -0.05) is 197 Å². The zero-order valence-electron chi connectivity index (χ0n) is 39.2. The molecule has 4 aliphatic heterocycles. The first-order valence-electron chi connectivity index (χ1n) is 24.2. The summed E-state index contributed by atoms with van der Waals surface area (Å²) in [4.78, 5) is 13.2. The Hall–Kier alpha value is -6.54. The van der Waals surface area contributed by atoms with E-state index in [0.29, 0.717) is 0 Å². The van der Waals surface area contributed by atoms with Gasteiger partial charge in [-0.3, -0.25) is 0 Å². The Labute approximate surface area is 426 Å². The van der Waals surface area contributed by atoms with E-state index in [0.717, 1.165) is 0 Å². The molecule has 336 valence electrons. The second-order valence-electron chi connectivity index (χ2n) is 20.3. The van der Waals surface area contributed by atoms with E-state index < -0.39 is 10.8 Å². The van der Waals surface area contributed by atoms with E-state index in [2.05, 4.69) is 244 Å². The zero-order chi connectivity index (χ0) is 46.7. The number of fused-ring (bicyclic) bond motifs is 18. The summed E-state index contributed by atoms with van der Waals surface area (Å²) in [5.74, 6) is 0. The maximum Gasteiger partial charge on any atom is 0.101 e. The predicted octanol–water partition coefficient (Wildman–Crippen LogP) is 18.0. The molecule has 0 unspecified atom stereocenters. The van der Waals surface area contributed by atoms with Crippen LogP contribution in [0.5, 0.6) is 0 Å². The quantitative estimate of drug-likeness (QED) is 0.170. The molecule has 0 amide bonds. The fraction of sp³-hybridized carbons (Fsp3) is 0.125. The highest BCUT2D eigenvalue weighted by atomic mass is 32.2. The molecule has 15 rings (SSSR count). The average Bonchev–Trinajstić information content (AvgIpc) is 4.05. The monoisotopic (exact) mass is 970 g/mol. The first-order valence-corrected chi connectivity index (χ1v) is 27.5. The van der Waals surface area contributed by atoms with Crippen LogP contribution >= 0.6 is 46.2 Å². The van der Waals surface area contributed by atoms with Crippen molar-refractivity contribution in [3.8, 4) is 0 Å². The van der Waals surface area contributed by atoms with E-state index in [9.17, 15) is 0 Å². The lowest BCUT2D eigenvalue weighted by molar-refractivity contribution is 0.609. The van der Waals surface area contributed by atoms with Crippen LogP contribution in [0.1, 0.15) is 93.1 Å². The molecule has 2 nitrogen and oxygen atoms in total. The highest BCUT2D eigenvalue weighted by molar-refractivity contribution is 7.99. The molecule has 6 heterocycles. The number of nitrogens with zero attached hydrogens (tertiary/aromatic N) is 2. The number of hydrogen-bond acceptors (Lipinski definition) is 6. The van der Waals surface area contributed by atoms with Crippen LogP contribution in [0.2, 0.25) is 0 Å². The molecular formula is C64H46N2S4. The van der Waals surface area contributed by atoms with Crippen molar-refractivity contribution < 1.29 is 0 Å². The molecule has 0 N–H and O–H groups in total. The Morgan fingerprint density at radius 3 is 0.814 bits per heavy atom. The van der Waals surface area contributed by atoms with Crippen LogP contribution in [0.15, 0.2) is 226 Å². The van der Waals surface area contributed by atoms with Gasteiger partial charge in [-0.05, 0) is 116 Å². The zero-order valence-corrected chi connectivity index (χ0v) is 42.4. The molecule has 0 bridgehead atoms. The minimum atomic E-state index is -0.650. The number of anilines is 6. The fourth-order valence-electron chi connectivity index (χ4n) is 13.2. The Balaban J connectivity index is 1.13. The smallest absolute Gasteiger partial charge is 0.101 e. The van der Waals surface area contributed by atoms with Crippen LogP contribution in [0.4, 0.5) is 32.8 Å². The van der Waals surface area contributed by atoms with Gasteiger partial charge < -0.3 is 9.80 Å². The van der Waals surface area contributed by atoms with Crippen molar-refractivity contribution in [1.29, 1.82) is 0 Å².